The second-order valence-electron chi connectivity index (χ2n) is 10.2. The summed E-state index contributed by atoms with van der Waals surface area (Å²) in [6.45, 7) is 8.92. The van der Waals surface area contributed by atoms with E-state index in [1.807, 2.05) is 17.0 Å². The molecule has 4 aromatic rings. The number of halogens is 1. The number of nitrogens with zero attached hydrogens (tertiary/aromatic N) is 4. The van der Waals surface area contributed by atoms with Crippen molar-refractivity contribution in [3.63, 3.8) is 0 Å². The zero-order valence-corrected chi connectivity index (χ0v) is 22.3. The van der Waals surface area contributed by atoms with Crippen molar-refractivity contribution in [1.82, 2.24) is 19.4 Å². The molecule has 0 radical (unpaired) electrons. The van der Waals surface area contributed by atoms with Crippen LogP contribution in [-0.4, -0.2) is 44.3 Å². The van der Waals surface area contributed by atoms with Gasteiger partial charge in [0.25, 0.3) is 11.8 Å². The topological polar surface area (TPSA) is 106 Å². The van der Waals surface area contributed by atoms with Gasteiger partial charge in [-0.1, -0.05) is 25.6 Å². The van der Waals surface area contributed by atoms with Gasteiger partial charge in [-0.2, -0.15) is 0 Å². The summed E-state index contributed by atoms with van der Waals surface area (Å²) in [5.74, 6) is -0.00712. The molecule has 1 aliphatic rings. The molecule has 0 bridgehead atoms. The fourth-order valence-electron chi connectivity index (χ4n) is 5.07. The number of likely N-dealkylation sites (tertiary alicyclic amines) is 1. The maximum Gasteiger partial charge on any atom is 0.253 e. The van der Waals surface area contributed by atoms with E-state index >= 15 is 4.39 Å². The molecule has 9 heteroatoms. The van der Waals surface area contributed by atoms with E-state index in [-0.39, 0.29) is 17.6 Å². The number of nitrogens with two attached hydrogens (primary N) is 1. The standard InChI is InChI=1S/C30H31FN6O2/c1-17(2)29(38)35-21-9-10-22(23(31)15-21)26-24(25-27(32)33-16-34-28(25)36(26)4)19-5-7-20(8-6-19)30(39)37-13-11-18(3)12-14-37/h5-10,15-16,18H,1,11-14H2,2-4H3,(H,35,38)(H2,32,33,34). The van der Waals surface area contributed by atoms with Gasteiger partial charge in [-0.05, 0) is 61.6 Å². The van der Waals surface area contributed by atoms with E-state index < -0.39 is 5.82 Å². The molecule has 3 N–H and O–H groups in total. The van der Waals surface area contributed by atoms with Crippen molar-refractivity contribution in [1.29, 1.82) is 0 Å². The average Bonchev–Trinajstić information content (AvgIpc) is 3.22. The lowest BCUT2D eigenvalue weighted by Crippen LogP contribution is -2.37. The summed E-state index contributed by atoms with van der Waals surface area (Å²) < 4.78 is 17.4. The number of benzene rings is 2. The summed E-state index contributed by atoms with van der Waals surface area (Å²) >= 11 is 0. The Morgan fingerprint density at radius 1 is 1.10 bits per heavy atom. The van der Waals surface area contributed by atoms with Gasteiger partial charge in [0.1, 0.15) is 23.6 Å². The van der Waals surface area contributed by atoms with E-state index in [1.165, 1.54) is 12.4 Å². The number of rotatable bonds is 5. The number of carbonyl (C=O) groups excluding carboxylic acids is 2. The molecule has 0 unspecified atom stereocenters. The molecule has 8 nitrogen and oxygen atoms in total. The van der Waals surface area contributed by atoms with Crippen molar-refractivity contribution in [3.8, 4) is 22.4 Å². The molecule has 2 aromatic heterocycles. The quantitative estimate of drug-likeness (QED) is 0.338. The summed E-state index contributed by atoms with van der Waals surface area (Å²) in [5.41, 5.74) is 10.4. The summed E-state index contributed by atoms with van der Waals surface area (Å²) in [5, 5.41) is 3.24. The van der Waals surface area contributed by atoms with Crippen LogP contribution in [0.2, 0.25) is 0 Å². The van der Waals surface area contributed by atoms with Crippen LogP contribution in [0.4, 0.5) is 15.9 Å². The molecule has 2 amide bonds. The molecule has 1 aliphatic heterocycles. The number of amides is 2. The molecule has 39 heavy (non-hydrogen) atoms. The number of anilines is 2. The highest BCUT2D eigenvalue weighted by atomic mass is 19.1. The number of nitrogens with one attached hydrogen (secondary N) is 1. The number of fused-ring (bicyclic) bond motifs is 1. The van der Waals surface area contributed by atoms with E-state index in [0.717, 1.165) is 31.5 Å². The van der Waals surface area contributed by atoms with E-state index in [1.54, 1.807) is 42.8 Å². The molecule has 0 atom stereocenters. The Balaban J connectivity index is 1.58. The third-order valence-corrected chi connectivity index (χ3v) is 7.36. The van der Waals surface area contributed by atoms with E-state index in [4.69, 9.17) is 5.73 Å². The Morgan fingerprint density at radius 3 is 2.44 bits per heavy atom. The van der Waals surface area contributed by atoms with Gasteiger partial charge in [-0.15, -0.1) is 0 Å². The zero-order valence-electron chi connectivity index (χ0n) is 22.3. The highest BCUT2D eigenvalue weighted by molar-refractivity contribution is 6.08. The largest absolute Gasteiger partial charge is 0.383 e. The first-order valence-corrected chi connectivity index (χ1v) is 12.9. The molecule has 0 aliphatic carbocycles. The summed E-state index contributed by atoms with van der Waals surface area (Å²) in [6, 6.07) is 11.8. The van der Waals surface area contributed by atoms with Gasteiger partial charge in [0, 0.05) is 48.1 Å². The summed E-state index contributed by atoms with van der Waals surface area (Å²) in [4.78, 5) is 35.6. The molecule has 0 spiro atoms. The van der Waals surface area contributed by atoms with Crippen LogP contribution in [-0.2, 0) is 11.8 Å². The van der Waals surface area contributed by atoms with Gasteiger partial charge in [-0.25, -0.2) is 14.4 Å². The third kappa shape index (κ3) is 4.87. The van der Waals surface area contributed by atoms with Crippen LogP contribution in [0.3, 0.4) is 0 Å². The lowest BCUT2D eigenvalue weighted by molar-refractivity contribution is -0.112. The second-order valence-corrected chi connectivity index (χ2v) is 10.2. The van der Waals surface area contributed by atoms with Crippen LogP contribution < -0.4 is 11.1 Å². The zero-order chi connectivity index (χ0) is 27.8. The van der Waals surface area contributed by atoms with E-state index in [9.17, 15) is 9.59 Å². The van der Waals surface area contributed by atoms with Crippen LogP contribution in [0.25, 0.3) is 33.4 Å². The predicted molar refractivity (Wildman–Crippen MR) is 151 cm³/mol. The smallest absolute Gasteiger partial charge is 0.253 e. The van der Waals surface area contributed by atoms with Gasteiger partial charge in [0.2, 0.25) is 0 Å². The van der Waals surface area contributed by atoms with E-state index in [2.05, 4.69) is 28.8 Å². The fraction of sp³-hybridized carbons (Fsp3) is 0.267. The van der Waals surface area contributed by atoms with Gasteiger partial charge in [-0.3, -0.25) is 9.59 Å². The molecule has 3 heterocycles. The number of piperidine rings is 1. The van der Waals surface area contributed by atoms with Crippen molar-refractivity contribution < 1.29 is 14.0 Å². The normalized spacial score (nSPS) is 14.0. The Hall–Kier alpha value is -4.53. The Kier molecular flexibility index (Phi) is 6.91. The minimum absolute atomic E-state index is 0.00730. The van der Waals surface area contributed by atoms with Gasteiger partial charge < -0.3 is 20.5 Å². The molecular formula is C30H31FN6O2. The third-order valence-electron chi connectivity index (χ3n) is 7.36. The second kappa shape index (κ2) is 10.3. The fourth-order valence-corrected chi connectivity index (χ4v) is 5.07. The van der Waals surface area contributed by atoms with Crippen LogP contribution in [0, 0.1) is 11.7 Å². The minimum Gasteiger partial charge on any atom is -0.383 e. The molecular weight excluding hydrogens is 495 g/mol. The van der Waals surface area contributed by atoms with Crippen molar-refractivity contribution in [2.75, 3.05) is 24.1 Å². The highest BCUT2D eigenvalue weighted by Crippen LogP contribution is 2.42. The van der Waals surface area contributed by atoms with Crippen molar-refractivity contribution >= 4 is 34.4 Å². The van der Waals surface area contributed by atoms with Crippen molar-refractivity contribution in [2.24, 2.45) is 13.0 Å². The van der Waals surface area contributed by atoms with E-state index in [0.29, 0.717) is 50.6 Å². The molecule has 1 fully saturated rings. The lowest BCUT2D eigenvalue weighted by Gasteiger charge is -2.30. The van der Waals surface area contributed by atoms with Crippen molar-refractivity contribution in [2.45, 2.75) is 26.7 Å². The Labute approximate surface area is 226 Å². The van der Waals surface area contributed by atoms with Gasteiger partial charge in [0.05, 0.1) is 11.1 Å². The summed E-state index contributed by atoms with van der Waals surface area (Å²) in [6.07, 6.45) is 3.38. The first-order chi connectivity index (χ1) is 18.7. The number of carbonyl (C=O) groups is 2. The number of aromatic nitrogens is 3. The first-order valence-electron chi connectivity index (χ1n) is 12.9. The van der Waals surface area contributed by atoms with Crippen LogP contribution in [0.5, 0.6) is 0 Å². The minimum atomic E-state index is -0.528. The number of aryl methyl sites for hydroxylation is 1. The number of hydrogen-bond donors (Lipinski definition) is 2. The van der Waals surface area contributed by atoms with Crippen LogP contribution >= 0.6 is 0 Å². The number of nitrogen functional groups attached to an aromatic ring is 1. The first kappa shape index (κ1) is 26.1. The molecule has 2 aromatic carbocycles. The maximum absolute atomic E-state index is 15.6. The molecule has 200 valence electrons. The lowest BCUT2D eigenvalue weighted by atomic mass is 9.96. The molecule has 1 saturated heterocycles. The van der Waals surface area contributed by atoms with Gasteiger partial charge >= 0.3 is 0 Å². The maximum atomic E-state index is 15.6. The Morgan fingerprint density at radius 2 is 1.79 bits per heavy atom. The molecule has 5 rings (SSSR count). The Bertz CT molecular complexity index is 1600. The van der Waals surface area contributed by atoms with Crippen LogP contribution in [0.15, 0.2) is 60.9 Å². The summed E-state index contributed by atoms with van der Waals surface area (Å²) in [7, 11) is 1.79. The van der Waals surface area contributed by atoms with Crippen molar-refractivity contribution in [3.05, 3.63) is 72.3 Å². The SMILES string of the molecule is C=C(C)C(=O)Nc1ccc(-c2c(-c3ccc(C(=O)N4CCC(C)CC4)cc3)c3c(N)ncnc3n2C)c(F)c1. The predicted octanol–water partition coefficient (Wildman–Crippen LogP) is 5.41. The highest BCUT2D eigenvalue weighted by Gasteiger charge is 2.25. The molecule has 0 saturated carbocycles. The number of hydrogen-bond acceptors (Lipinski definition) is 5. The average molecular weight is 527 g/mol. The van der Waals surface area contributed by atoms with Gasteiger partial charge in [0.15, 0.2) is 0 Å². The monoisotopic (exact) mass is 526 g/mol. The van der Waals surface area contributed by atoms with Crippen LogP contribution in [0.1, 0.15) is 37.0 Å².